The van der Waals surface area contributed by atoms with E-state index in [4.69, 9.17) is 19.3 Å². The van der Waals surface area contributed by atoms with Gasteiger partial charge < -0.3 is 14.2 Å². The topological polar surface area (TPSA) is 43.3 Å². The van der Waals surface area contributed by atoms with Crippen LogP contribution < -0.4 is 14.2 Å². The zero-order chi connectivity index (χ0) is 20.1. The molecule has 6 rings (SSSR count). The number of rotatable bonds is 3. The molecule has 0 amide bonds. The maximum atomic E-state index is 6.43. The zero-order valence-corrected chi connectivity index (χ0v) is 17.3. The number of thioether (sulfide) groups is 1. The number of hydrogen-bond donors (Lipinski definition) is 0. The van der Waals surface area contributed by atoms with E-state index >= 15 is 0 Å². The van der Waals surface area contributed by atoms with Crippen molar-refractivity contribution in [3.05, 3.63) is 83.4 Å². The summed E-state index contributed by atoms with van der Waals surface area (Å²) in [7, 11) is 0. The number of hydrazone groups is 1. The Morgan fingerprint density at radius 3 is 2.63 bits per heavy atom. The predicted molar refractivity (Wildman–Crippen MR) is 116 cm³/mol. The summed E-state index contributed by atoms with van der Waals surface area (Å²) in [6.45, 7) is 0.273. The van der Waals surface area contributed by atoms with Crippen molar-refractivity contribution in [3.8, 4) is 17.2 Å². The molecule has 0 fully saturated rings. The molecule has 0 radical (unpaired) electrons. The summed E-state index contributed by atoms with van der Waals surface area (Å²) in [4.78, 5) is 1.23. The first-order valence-electron chi connectivity index (χ1n) is 9.95. The van der Waals surface area contributed by atoms with Gasteiger partial charge in [-0.3, -0.25) is 0 Å². The lowest BCUT2D eigenvalue weighted by Crippen LogP contribution is -2.33. The Balaban J connectivity index is 1.41. The molecule has 3 aliphatic rings. The number of nitrogens with zero attached hydrogens (tertiary/aromatic N) is 2. The Kier molecular flexibility index (Phi) is 4.13. The average Bonchev–Trinajstić information content (AvgIpc) is 3.45. The number of fused-ring (bicyclic) bond motifs is 4. The molecule has 0 spiro atoms. The molecule has 0 saturated carbocycles. The summed E-state index contributed by atoms with van der Waals surface area (Å²) in [6, 6.07) is 23.0. The maximum Gasteiger partial charge on any atom is 0.231 e. The molecule has 2 unspecified atom stereocenters. The van der Waals surface area contributed by atoms with E-state index in [1.54, 1.807) is 11.8 Å². The number of ether oxygens (including phenoxy) is 3. The van der Waals surface area contributed by atoms with Gasteiger partial charge >= 0.3 is 0 Å². The Morgan fingerprint density at radius 1 is 0.933 bits per heavy atom. The van der Waals surface area contributed by atoms with Crippen molar-refractivity contribution in [3.63, 3.8) is 0 Å². The van der Waals surface area contributed by atoms with Gasteiger partial charge in [0.2, 0.25) is 13.0 Å². The van der Waals surface area contributed by atoms with Gasteiger partial charge in [-0.1, -0.05) is 30.3 Å². The van der Waals surface area contributed by atoms with E-state index in [1.807, 2.05) is 18.2 Å². The second kappa shape index (κ2) is 6.99. The molecule has 3 aliphatic heterocycles. The molecule has 0 aromatic heterocycles. The highest BCUT2D eigenvalue weighted by atomic mass is 32.2. The number of hydrogen-bond acceptors (Lipinski definition) is 6. The van der Waals surface area contributed by atoms with Crippen LogP contribution in [0.3, 0.4) is 0 Å². The Labute approximate surface area is 179 Å². The highest BCUT2D eigenvalue weighted by Crippen LogP contribution is 2.48. The van der Waals surface area contributed by atoms with Crippen LogP contribution in [0.15, 0.2) is 76.7 Å². The van der Waals surface area contributed by atoms with E-state index in [1.165, 1.54) is 10.5 Å². The molecule has 3 aromatic carbocycles. The molecule has 150 valence electrons. The third-order valence-corrected chi connectivity index (χ3v) is 6.55. The third kappa shape index (κ3) is 2.82. The quantitative estimate of drug-likeness (QED) is 0.537. The molecule has 30 heavy (non-hydrogen) atoms. The molecule has 2 atom stereocenters. The molecule has 6 heteroatoms. The molecule has 0 bridgehead atoms. The molecule has 3 heterocycles. The lowest BCUT2D eigenvalue weighted by atomic mass is 9.96. The monoisotopic (exact) mass is 416 g/mol. The van der Waals surface area contributed by atoms with Crippen LogP contribution in [0.1, 0.15) is 35.4 Å². The van der Waals surface area contributed by atoms with Gasteiger partial charge in [-0.25, -0.2) is 5.01 Å². The van der Waals surface area contributed by atoms with Gasteiger partial charge in [0.1, 0.15) is 5.75 Å². The first-order valence-corrected chi connectivity index (χ1v) is 11.2. The number of para-hydroxylation sites is 1. The second-order valence-electron chi connectivity index (χ2n) is 7.50. The Hall–Kier alpha value is -3.12. The molecule has 0 N–H and O–H groups in total. The maximum absolute atomic E-state index is 6.43. The van der Waals surface area contributed by atoms with E-state index in [0.29, 0.717) is 0 Å². The summed E-state index contributed by atoms with van der Waals surface area (Å²) in [5, 5.41) is 7.14. The normalized spacial score (nSPS) is 21.0. The third-order valence-electron chi connectivity index (χ3n) is 5.81. The van der Waals surface area contributed by atoms with Crippen molar-refractivity contribution in [2.24, 2.45) is 5.10 Å². The summed E-state index contributed by atoms with van der Waals surface area (Å²) < 4.78 is 17.5. The van der Waals surface area contributed by atoms with E-state index < -0.39 is 0 Å². The van der Waals surface area contributed by atoms with Gasteiger partial charge in [-0.15, -0.1) is 11.8 Å². The summed E-state index contributed by atoms with van der Waals surface area (Å²) >= 11 is 1.74. The van der Waals surface area contributed by atoms with E-state index in [0.717, 1.165) is 40.5 Å². The smallest absolute Gasteiger partial charge is 0.231 e. The van der Waals surface area contributed by atoms with Crippen molar-refractivity contribution >= 4 is 17.5 Å². The minimum Gasteiger partial charge on any atom is -0.464 e. The van der Waals surface area contributed by atoms with Crippen molar-refractivity contribution < 1.29 is 14.2 Å². The summed E-state index contributed by atoms with van der Waals surface area (Å²) in [6.07, 6.45) is 2.65. The molecule has 0 aliphatic carbocycles. The van der Waals surface area contributed by atoms with Crippen LogP contribution in [0.2, 0.25) is 0 Å². The SMILES string of the molecule is CSc1ccc(C2Oc3ccccc3C3CC(c4ccc5c(c4)OCO5)=NN32)cc1. The van der Waals surface area contributed by atoms with E-state index in [2.05, 4.69) is 59.8 Å². The van der Waals surface area contributed by atoms with Gasteiger partial charge in [-0.05, 0) is 42.7 Å². The molecular weight excluding hydrogens is 396 g/mol. The van der Waals surface area contributed by atoms with Gasteiger partial charge in [0, 0.05) is 28.0 Å². The average molecular weight is 417 g/mol. The molecule has 3 aromatic rings. The van der Waals surface area contributed by atoms with Crippen molar-refractivity contribution in [1.29, 1.82) is 0 Å². The minimum absolute atomic E-state index is 0.139. The first kappa shape index (κ1) is 17.7. The van der Waals surface area contributed by atoms with Crippen LogP contribution in [0.4, 0.5) is 0 Å². The lowest BCUT2D eigenvalue weighted by Gasteiger charge is -2.38. The fourth-order valence-electron chi connectivity index (χ4n) is 4.27. The van der Waals surface area contributed by atoms with Crippen molar-refractivity contribution in [2.75, 3.05) is 13.0 Å². The van der Waals surface area contributed by atoms with Crippen LogP contribution in [-0.2, 0) is 0 Å². The minimum atomic E-state index is -0.257. The second-order valence-corrected chi connectivity index (χ2v) is 8.38. The Bertz CT molecular complexity index is 1150. The Morgan fingerprint density at radius 2 is 1.77 bits per heavy atom. The summed E-state index contributed by atoms with van der Waals surface area (Å²) in [5.74, 6) is 2.50. The predicted octanol–water partition coefficient (Wildman–Crippen LogP) is 5.38. The molecule has 5 nitrogen and oxygen atoms in total. The first-order chi connectivity index (χ1) is 14.8. The zero-order valence-electron chi connectivity index (χ0n) is 16.4. The van der Waals surface area contributed by atoms with Crippen LogP contribution in [0.5, 0.6) is 17.2 Å². The van der Waals surface area contributed by atoms with Gasteiger partial charge in [-0.2, -0.15) is 5.10 Å². The highest BCUT2D eigenvalue weighted by Gasteiger charge is 2.41. The van der Waals surface area contributed by atoms with Crippen molar-refractivity contribution in [2.45, 2.75) is 23.6 Å². The van der Waals surface area contributed by atoms with Gasteiger partial charge in [0.25, 0.3) is 0 Å². The largest absolute Gasteiger partial charge is 0.464 e. The fraction of sp³-hybridized carbons (Fsp3) is 0.208. The number of benzene rings is 3. The highest BCUT2D eigenvalue weighted by molar-refractivity contribution is 7.98. The standard InChI is InChI=1S/C24H20N2O3S/c1-30-17-9-6-15(7-10-17)24-26-20(18-4-2-3-5-21(18)29-24)13-19(25-26)16-8-11-22-23(12-16)28-14-27-22/h2-12,20,24H,13-14H2,1H3. The molecular formula is C24H20N2O3S. The van der Waals surface area contributed by atoms with E-state index in [-0.39, 0.29) is 19.1 Å². The molecule has 0 saturated heterocycles. The van der Waals surface area contributed by atoms with E-state index in [9.17, 15) is 0 Å². The van der Waals surface area contributed by atoms with Crippen LogP contribution >= 0.6 is 11.8 Å². The van der Waals surface area contributed by atoms with Crippen LogP contribution in [0.25, 0.3) is 0 Å². The van der Waals surface area contributed by atoms with Gasteiger partial charge in [0.05, 0.1) is 11.8 Å². The fourth-order valence-corrected chi connectivity index (χ4v) is 4.68. The van der Waals surface area contributed by atoms with Crippen LogP contribution in [-0.4, -0.2) is 23.8 Å². The summed E-state index contributed by atoms with van der Waals surface area (Å²) in [5.41, 5.74) is 4.36. The van der Waals surface area contributed by atoms with Gasteiger partial charge in [0.15, 0.2) is 11.5 Å². The van der Waals surface area contributed by atoms with Crippen molar-refractivity contribution in [1.82, 2.24) is 5.01 Å². The lowest BCUT2D eigenvalue weighted by molar-refractivity contribution is -0.0190. The van der Waals surface area contributed by atoms with Crippen LogP contribution in [0, 0.1) is 0 Å².